The maximum absolute atomic E-state index is 11.4. The Kier molecular flexibility index (Phi) is 6.54. The lowest BCUT2D eigenvalue weighted by molar-refractivity contribution is -0.136. The molecule has 1 atom stereocenters. The van der Waals surface area contributed by atoms with Crippen molar-refractivity contribution in [1.82, 2.24) is 0 Å². The van der Waals surface area contributed by atoms with Gasteiger partial charge in [0.2, 0.25) is 0 Å². The van der Waals surface area contributed by atoms with Crippen molar-refractivity contribution in [3.05, 3.63) is 24.5 Å². The topological polar surface area (TPSA) is 35.5 Å². The Morgan fingerprint density at radius 1 is 1.50 bits per heavy atom. The number of rotatable bonds is 6. The molecule has 0 aromatic heterocycles. The third-order valence-electron chi connectivity index (χ3n) is 1.95. The molecule has 0 amide bonds. The molecule has 0 saturated carbocycles. The summed E-state index contributed by atoms with van der Waals surface area (Å²) in [5.74, 6) is -0.349. The molecule has 0 N–H and O–H groups in total. The summed E-state index contributed by atoms with van der Waals surface area (Å²) < 4.78 is 9.50. The number of methoxy groups -OCH3 is 2. The molecular formula is C11H18O3. The van der Waals surface area contributed by atoms with Crippen LogP contribution in [0.5, 0.6) is 0 Å². The summed E-state index contributed by atoms with van der Waals surface area (Å²) in [6.07, 6.45) is 5.02. The van der Waals surface area contributed by atoms with Crippen molar-refractivity contribution in [2.45, 2.75) is 19.8 Å². The fourth-order valence-corrected chi connectivity index (χ4v) is 1.24. The van der Waals surface area contributed by atoms with Gasteiger partial charge in [0.25, 0.3) is 0 Å². The van der Waals surface area contributed by atoms with Crippen LogP contribution >= 0.6 is 0 Å². The first kappa shape index (κ1) is 12.8. The van der Waals surface area contributed by atoms with Gasteiger partial charge in [-0.3, -0.25) is 0 Å². The van der Waals surface area contributed by atoms with Crippen LogP contribution in [0.15, 0.2) is 24.5 Å². The maximum Gasteiger partial charge on any atom is 0.337 e. The van der Waals surface area contributed by atoms with E-state index in [0.717, 1.165) is 12.8 Å². The molecule has 0 rings (SSSR count). The third kappa shape index (κ3) is 3.64. The van der Waals surface area contributed by atoms with Crippen molar-refractivity contribution in [3.8, 4) is 0 Å². The molecule has 0 aromatic rings. The number of ether oxygens (including phenoxy) is 2. The summed E-state index contributed by atoms with van der Waals surface area (Å²) in [6, 6.07) is 0. The Bertz CT molecular complexity index is 219. The second kappa shape index (κ2) is 7.18. The van der Waals surface area contributed by atoms with E-state index >= 15 is 0 Å². The molecule has 0 aromatic carbocycles. The van der Waals surface area contributed by atoms with E-state index in [1.165, 1.54) is 20.5 Å². The van der Waals surface area contributed by atoms with Crippen molar-refractivity contribution in [2.75, 3.05) is 14.2 Å². The van der Waals surface area contributed by atoms with Gasteiger partial charge in [-0.1, -0.05) is 19.4 Å². The van der Waals surface area contributed by atoms with E-state index in [1.54, 1.807) is 6.08 Å². The van der Waals surface area contributed by atoms with E-state index in [0.29, 0.717) is 5.57 Å². The minimum absolute atomic E-state index is 0.00685. The van der Waals surface area contributed by atoms with E-state index in [9.17, 15) is 4.79 Å². The van der Waals surface area contributed by atoms with Crippen LogP contribution in [0.25, 0.3) is 0 Å². The number of allylic oxidation sites excluding steroid dienone is 1. The first-order valence-corrected chi connectivity index (χ1v) is 4.64. The van der Waals surface area contributed by atoms with Crippen molar-refractivity contribution >= 4 is 5.97 Å². The lowest BCUT2D eigenvalue weighted by Crippen LogP contribution is -2.13. The number of carbonyl (C=O) groups excluding carboxylic acids is 1. The molecule has 80 valence electrons. The van der Waals surface area contributed by atoms with Gasteiger partial charge in [-0.15, -0.1) is 6.58 Å². The first-order chi connectivity index (χ1) is 6.71. The van der Waals surface area contributed by atoms with Crippen LogP contribution in [0.1, 0.15) is 19.8 Å². The number of hydrogen-bond acceptors (Lipinski definition) is 3. The third-order valence-corrected chi connectivity index (χ3v) is 1.95. The van der Waals surface area contributed by atoms with Crippen molar-refractivity contribution < 1.29 is 14.3 Å². The molecule has 0 radical (unpaired) electrons. The zero-order valence-electron chi connectivity index (χ0n) is 9.08. The van der Waals surface area contributed by atoms with Crippen LogP contribution in [0, 0.1) is 5.92 Å². The molecule has 0 aliphatic heterocycles. The van der Waals surface area contributed by atoms with E-state index in [4.69, 9.17) is 4.74 Å². The lowest BCUT2D eigenvalue weighted by atomic mass is 9.95. The van der Waals surface area contributed by atoms with E-state index in [-0.39, 0.29) is 11.9 Å². The quantitative estimate of drug-likeness (QED) is 0.284. The molecular weight excluding hydrogens is 180 g/mol. The fraction of sp³-hybridized carbons (Fsp3) is 0.545. The highest BCUT2D eigenvalue weighted by atomic mass is 16.5. The van der Waals surface area contributed by atoms with Gasteiger partial charge in [0.05, 0.1) is 26.1 Å². The van der Waals surface area contributed by atoms with Gasteiger partial charge in [-0.05, 0) is 6.42 Å². The van der Waals surface area contributed by atoms with Crippen LogP contribution in [-0.4, -0.2) is 20.2 Å². The smallest absolute Gasteiger partial charge is 0.337 e. The second-order valence-electron chi connectivity index (χ2n) is 2.93. The van der Waals surface area contributed by atoms with Crippen LogP contribution < -0.4 is 0 Å². The number of hydrogen-bond donors (Lipinski definition) is 0. The molecule has 14 heavy (non-hydrogen) atoms. The number of esters is 1. The lowest BCUT2D eigenvalue weighted by Gasteiger charge is -2.13. The molecule has 0 spiro atoms. The van der Waals surface area contributed by atoms with E-state index < -0.39 is 0 Å². The molecule has 0 bridgehead atoms. The molecule has 0 unspecified atom stereocenters. The summed E-state index contributed by atoms with van der Waals surface area (Å²) in [5.41, 5.74) is 0.520. The first-order valence-electron chi connectivity index (χ1n) is 4.64. The molecule has 0 fully saturated rings. The van der Waals surface area contributed by atoms with Gasteiger partial charge in [0.1, 0.15) is 0 Å². The van der Waals surface area contributed by atoms with Gasteiger partial charge in [-0.25, -0.2) is 4.79 Å². The molecule has 0 heterocycles. The van der Waals surface area contributed by atoms with Gasteiger partial charge >= 0.3 is 5.97 Å². The van der Waals surface area contributed by atoms with E-state index in [1.807, 2.05) is 0 Å². The number of carbonyl (C=O) groups is 1. The predicted octanol–water partition coefficient (Wildman–Crippen LogP) is 2.29. The van der Waals surface area contributed by atoms with Gasteiger partial charge in [0, 0.05) is 5.92 Å². The van der Waals surface area contributed by atoms with Crippen LogP contribution in [-0.2, 0) is 14.3 Å². The molecule has 3 nitrogen and oxygen atoms in total. The van der Waals surface area contributed by atoms with Crippen LogP contribution in [0.3, 0.4) is 0 Å². The highest BCUT2D eigenvalue weighted by Crippen LogP contribution is 2.19. The molecule has 0 aliphatic carbocycles. The Labute approximate surface area is 85.4 Å². The SMILES string of the molecule is C=C[C@@H](CCC)/C(=C/OC)C(=O)OC. The summed E-state index contributed by atoms with van der Waals surface area (Å²) in [5, 5.41) is 0. The van der Waals surface area contributed by atoms with Crippen molar-refractivity contribution in [3.63, 3.8) is 0 Å². The average Bonchev–Trinajstić information content (AvgIpc) is 2.22. The van der Waals surface area contributed by atoms with Crippen LogP contribution in [0.2, 0.25) is 0 Å². The van der Waals surface area contributed by atoms with Crippen molar-refractivity contribution in [2.24, 2.45) is 5.92 Å². The maximum atomic E-state index is 11.4. The Morgan fingerprint density at radius 3 is 2.50 bits per heavy atom. The summed E-state index contributed by atoms with van der Waals surface area (Å²) >= 11 is 0. The van der Waals surface area contributed by atoms with Crippen LogP contribution in [0.4, 0.5) is 0 Å². The second-order valence-corrected chi connectivity index (χ2v) is 2.93. The van der Waals surface area contributed by atoms with E-state index in [2.05, 4.69) is 18.2 Å². The summed E-state index contributed by atoms with van der Waals surface area (Å²) in [7, 11) is 2.87. The Morgan fingerprint density at radius 2 is 2.14 bits per heavy atom. The Hall–Kier alpha value is -1.25. The zero-order chi connectivity index (χ0) is 11.0. The summed E-state index contributed by atoms with van der Waals surface area (Å²) in [4.78, 5) is 11.4. The molecule has 0 aliphatic rings. The predicted molar refractivity (Wildman–Crippen MR) is 55.7 cm³/mol. The van der Waals surface area contributed by atoms with Gasteiger partial charge < -0.3 is 9.47 Å². The Balaban J connectivity index is 4.69. The van der Waals surface area contributed by atoms with Gasteiger partial charge in [0.15, 0.2) is 0 Å². The monoisotopic (exact) mass is 198 g/mol. The minimum atomic E-state index is -0.356. The highest BCUT2D eigenvalue weighted by Gasteiger charge is 2.18. The summed E-state index contributed by atoms with van der Waals surface area (Å²) in [6.45, 7) is 5.75. The average molecular weight is 198 g/mol. The fourth-order valence-electron chi connectivity index (χ4n) is 1.24. The molecule has 0 saturated heterocycles. The highest BCUT2D eigenvalue weighted by molar-refractivity contribution is 5.89. The molecule has 3 heteroatoms. The van der Waals surface area contributed by atoms with Gasteiger partial charge in [-0.2, -0.15) is 0 Å². The zero-order valence-corrected chi connectivity index (χ0v) is 9.08. The minimum Gasteiger partial charge on any atom is -0.504 e. The van der Waals surface area contributed by atoms with Crippen molar-refractivity contribution in [1.29, 1.82) is 0 Å². The normalized spacial score (nSPS) is 13.2. The largest absolute Gasteiger partial charge is 0.504 e. The standard InChI is InChI=1S/C11H18O3/c1-5-7-9(6-2)10(8-13-3)11(12)14-4/h6,8-9H,2,5,7H2,1,3-4H3/b10-8-/t9-/m0/s1.